The van der Waals surface area contributed by atoms with Crippen LogP contribution < -0.4 is 0 Å². The van der Waals surface area contributed by atoms with Crippen molar-refractivity contribution in [3.8, 4) is 0 Å². The van der Waals surface area contributed by atoms with E-state index in [4.69, 9.17) is 11.6 Å². The molecule has 3 nitrogen and oxygen atoms in total. The lowest BCUT2D eigenvalue weighted by atomic mass is 10.2. The standard InChI is InChI=1S/C11H14ClNO2/c1-9-6-7-11(15)13(9)8-4-2-3-5-10(12)14/h6-7H,1-5,8H2. The molecule has 0 fully saturated rings. The molecule has 0 radical (unpaired) electrons. The van der Waals surface area contributed by atoms with Crippen LogP contribution in [0.25, 0.3) is 0 Å². The molecular formula is C11H14ClNO2. The average molecular weight is 228 g/mol. The Hall–Kier alpha value is -1.09. The van der Waals surface area contributed by atoms with Crippen LogP contribution in [-0.2, 0) is 9.59 Å². The predicted octanol–water partition coefficient (Wildman–Crippen LogP) is 2.22. The van der Waals surface area contributed by atoms with Gasteiger partial charge in [-0.1, -0.05) is 13.0 Å². The van der Waals surface area contributed by atoms with Crippen molar-refractivity contribution in [1.82, 2.24) is 4.90 Å². The molecule has 0 aromatic heterocycles. The average Bonchev–Trinajstić information content (AvgIpc) is 2.47. The van der Waals surface area contributed by atoms with Gasteiger partial charge in [-0.3, -0.25) is 9.59 Å². The van der Waals surface area contributed by atoms with Gasteiger partial charge in [0.15, 0.2) is 0 Å². The molecule has 1 aliphatic rings. The third kappa shape index (κ3) is 3.88. The van der Waals surface area contributed by atoms with Crippen LogP contribution in [0.2, 0.25) is 0 Å². The number of hydrogen-bond donors (Lipinski definition) is 0. The Morgan fingerprint density at radius 1 is 1.33 bits per heavy atom. The van der Waals surface area contributed by atoms with E-state index >= 15 is 0 Å². The van der Waals surface area contributed by atoms with Crippen molar-refractivity contribution in [1.29, 1.82) is 0 Å². The second-order valence-corrected chi connectivity index (χ2v) is 3.90. The maximum atomic E-state index is 11.3. The van der Waals surface area contributed by atoms with Gasteiger partial charge in [-0.2, -0.15) is 0 Å². The molecule has 0 saturated carbocycles. The summed E-state index contributed by atoms with van der Waals surface area (Å²) in [6, 6.07) is 0. The van der Waals surface area contributed by atoms with Gasteiger partial charge in [0.05, 0.1) is 0 Å². The van der Waals surface area contributed by atoms with Gasteiger partial charge in [0, 0.05) is 24.7 Å². The first-order chi connectivity index (χ1) is 7.11. The predicted molar refractivity (Wildman–Crippen MR) is 59.3 cm³/mol. The molecule has 0 aliphatic carbocycles. The number of unbranched alkanes of at least 4 members (excludes halogenated alkanes) is 2. The Kier molecular flexibility index (Phi) is 4.56. The molecule has 0 aromatic carbocycles. The fourth-order valence-electron chi connectivity index (χ4n) is 1.45. The quantitative estimate of drug-likeness (QED) is 0.516. The topological polar surface area (TPSA) is 37.4 Å². The van der Waals surface area contributed by atoms with Gasteiger partial charge in [0.1, 0.15) is 0 Å². The molecule has 0 N–H and O–H groups in total. The smallest absolute Gasteiger partial charge is 0.251 e. The molecule has 1 rings (SSSR count). The van der Waals surface area contributed by atoms with Crippen molar-refractivity contribution in [3.05, 3.63) is 24.4 Å². The number of hydrogen-bond acceptors (Lipinski definition) is 2. The summed E-state index contributed by atoms with van der Waals surface area (Å²) in [6.07, 6.45) is 6.19. The molecule has 0 spiro atoms. The van der Waals surface area contributed by atoms with E-state index in [9.17, 15) is 9.59 Å². The van der Waals surface area contributed by atoms with Gasteiger partial charge in [-0.05, 0) is 30.5 Å². The van der Waals surface area contributed by atoms with Gasteiger partial charge in [-0.25, -0.2) is 0 Å². The van der Waals surface area contributed by atoms with Gasteiger partial charge < -0.3 is 4.90 Å². The van der Waals surface area contributed by atoms with Crippen molar-refractivity contribution in [2.24, 2.45) is 0 Å². The lowest BCUT2D eigenvalue weighted by molar-refractivity contribution is -0.123. The third-order valence-electron chi connectivity index (χ3n) is 2.29. The highest BCUT2D eigenvalue weighted by Gasteiger charge is 2.17. The van der Waals surface area contributed by atoms with Crippen LogP contribution in [0.5, 0.6) is 0 Å². The molecule has 1 aliphatic heterocycles. The summed E-state index contributed by atoms with van der Waals surface area (Å²) >= 11 is 5.20. The molecule has 1 heterocycles. The maximum Gasteiger partial charge on any atom is 0.251 e. The minimum atomic E-state index is -0.293. The van der Waals surface area contributed by atoms with Crippen LogP contribution in [0.4, 0.5) is 0 Å². The number of amides is 1. The molecule has 0 unspecified atom stereocenters. The first kappa shape index (κ1) is 12.0. The lowest BCUT2D eigenvalue weighted by Gasteiger charge is -2.16. The van der Waals surface area contributed by atoms with E-state index < -0.39 is 0 Å². The number of allylic oxidation sites excluding steroid dienone is 1. The Morgan fingerprint density at radius 3 is 2.60 bits per heavy atom. The summed E-state index contributed by atoms with van der Waals surface area (Å²) in [5, 5.41) is -0.293. The minimum Gasteiger partial charge on any atom is -0.309 e. The zero-order valence-electron chi connectivity index (χ0n) is 8.54. The Bertz CT molecular complexity index is 292. The first-order valence-electron chi connectivity index (χ1n) is 4.98. The van der Waals surface area contributed by atoms with Crippen molar-refractivity contribution < 1.29 is 9.59 Å². The highest BCUT2D eigenvalue weighted by molar-refractivity contribution is 6.63. The minimum absolute atomic E-state index is 0.00609. The number of halogens is 1. The van der Waals surface area contributed by atoms with Crippen molar-refractivity contribution >= 4 is 22.8 Å². The van der Waals surface area contributed by atoms with Crippen molar-refractivity contribution in [3.63, 3.8) is 0 Å². The molecule has 0 saturated heterocycles. The second-order valence-electron chi connectivity index (χ2n) is 3.48. The van der Waals surface area contributed by atoms with Crippen LogP contribution in [0, 0.1) is 0 Å². The summed E-state index contributed by atoms with van der Waals surface area (Å²) in [6.45, 7) is 4.42. The summed E-state index contributed by atoms with van der Waals surface area (Å²) in [7, 11) is 0. The monoisotopic (exact) mass is 227 g/mol. The number of rotatable bonds is 6. The van der Waals surface area contributed by atoms with Crippen molar-refractivity contribution in [2.45, 2.75) is 25.7 Å². The van der Waals surface area contributed by atoms with Crippen molar-refractivity contribution in [2.75, 3.05) is 6.54 Å². The van der Waals surface area contributed by atoms with E-state index in [2.05, 4.69) is 6.58 Å². The number of nitrogens with zero attached hydrogens (tertiary/aromatic N) is 1. The Balaban J connectivity index is 2.13. The molecule has 82 valence electrons. The van der Waals surface area contributed by atoms with Gasteiger partial charge in [0.2, 0.25) is 5.24 Å². The van der Waals surface area contributed by atoms with Gasteiger partial charge in [-0.15, -0.1) is 0 Å². The summed E-state index contributed by atoms with van der Waals surface area (Å²) < 4.78 is 0. The number of carbonyl (C=O) groups is 2. The molecule has 1 amide bonds. The van der Waals surface area contributed by atoms with Crippen LogP contribution in [0.1, 0.15) is 25.7 Å². The summed E-state index contributed by atoms with van der Waals surface area (Å²) in [5.41, 5.74) is 0.744. The van der Waals surface area contributed by atoms with Crippen LogP contribution in [-0.4, -0.2) is 22.6 Å². The lowest BCUT2D eigenvalue weighted by Crippen LogP contribution is -2.24. The van der Waals surface area contributed by atoms with Gasteiger partial charge >= 0.3 is 0 Å². The van der Waals surface area contributed by atoms with E-state index in [1.807, 2.05) is 0 Å². The zero-order valence-corrected chi connectivity index (χ0v) is 9.29. The Morgan fingerprint density at radius 2 is 2.07 bits per heavy atom. The van der Waals surface area contributed by atoms with Crippen LogP contribution >= 0.6 is 11.6 Å². The fraction of sp³-hybridized carbons (Fsp3) is 0.455. The normalized spacial score (nSPS) is 15.1. The molecule has 0 aromatic rings. The van der Waals surface area contributed by atoms with E-state index in [1.54, 1.807) is 11.0 Å². The molecule has 4 heteroatoms. The van der Waals surface area contributed by atoms with E-state index in [0.29, 0.717) is 13.0 Å². The highest BCUT2D eigenvalue weighted by atomic mass is 35.5. The number of carbonyl (C=O) groups excluding carboxylic acids is 2. The summed E-state index contributed by atoms with van der Waals surface area (Å²) in [4.78, 5) is 23.3. The van der Waals surface area contributed by atoms with Crippen LogP contribution in [0.15, 0.2) is 24.4 Å². The van der Waals surface area contributed by atoms with Gasteiger partial charge in [0.25, 0.3) is 5.91 Å². The molecule has 15 heavy (non-hydrogen) atoms. The Labute approximate surface area is 94.4 Å². The fourth-order valence-corrected chi connectivity index (χ4v) is 1.59. The summed E-state index contributed by atoms with van der Waals surface area (Å²) in [5.74, 6) is -0.00609. The largest absolute Gasteiger partial charge is 0.309 e. The molecule has 0 atom stereocenters. The van der Waals surface area contributed by atoms with E-state index in [-0.39, 0.29) is 11.1 Å². The van der Waals surface area contributed by atoms with Crippen LogP contribution in [0.3, 0.4) is 0 Å². The molecule has 0 bridgehead atoms. The third-order valence-corrected chi connectivity index (χ3v) is 2.48. The van der Waals surface area contributed by atoms with E-state index in [1.165, 1.54) is 6.08 Å². The SMILES string of the molecule is C=C1C=CC(=O)N1CCCCCC(=O)Cl. The van der Waals surface area contributed by atoms with E-state index in [0.717, 1.165) is 25.0 Å². The zero-order chi connectivity index (χ0) is 11.3. The maximum absolute atomic E-state index is 11.3. The highest BCUT2D eigenvalue weighted by Crippen LogP contribution is 2.14. The second kappa shape index (κ2) is 5.71. The first-order valence-corrected chi connectivity index (χ1v) is 5.36. The molecular weight excluding hydrogens is 214 g/mol.